The van der Waals surface area contributed by atoms with E-state index < -0.39 is 14.9 Å². The van der Waals surface area contributed by atoms with Crippen LogP contribution in [0.5, 0.6) is 5.75 Å². The molecule has 1 aliphatic carbocycles. The zero-order valence-corrected chi connectivity index (χ0v) is 20.0. The number of hydrogen-bond donors (Lipinski definition) is 3. The second-order valence-corrected chi connectivity index (χ2v) is 10.8. The van der Waals surface area contributed by atoms with Crippen LogP contribution >= 0.6 is 0 Å². The minimum absolute atomic E-state index is 0.0148. The third-order valence-corrected chi connectivity index (χ3v) is 8.19. The third-order valence-electron chi connectivity index (χ3n) is 6.83. The summed E-state index contributed by atoms with van der Waals surface area (Å²) in [6.07, 6.45) is 4.77. The summed E-state index contributed by atoms with van der Waals surface area (Å²) in [6.45, 7) is 3.81. The molecule has 3 N–H and O–H groups in total. The summed E-state index contributed by atoms with van der Waals surface area (Å²) < 4.78 is 29.1. The number of nitro benzene ring substituents is 1. The molecule has 0 saturated carbocycles. The van der Waals surface area contributed by atoms with Gasteiger partial charge in [0.25, 0.3) is 15.7 Å². The molecule has 180 valence electrons. The second-order valence-electron chi connectivity index (χ2n) is 9.15. The van der Waals surface area contributed by atoms with Crippen molar-refractivity contribution in [3.63, 3.8) is 0 Å². The van der Waals surface area contributed by atoms with Gasteiger partial charge in [-0.2, -0.15) is 0 Å². The van der Waals surface area contributed by atoms with Crippen molar-refractivity contribution < 1.29 is 18.4 Å². The Morgan fingerprint density at radius 1 is 1.06 bits per heavy atom. The van der Waals surface area contributed by atoms with Gasteiger partial charge in [-0.3, -0.25) is 14.8 Å². The fourth-order valence-corrected chi connectivity index (χ4v) is 6.25. The van der Waals surface area contributed by atoms with Gasteiger partial charge in [0.05, 0.1) is 21.5 Å². The molecule has 0 fully saturated rings. The minimum atomic E-state index is -3.82. The number of benzene rings is 3. The molecule has 3 atom stereocenters. The number of aromatic hydroxyl groups is 1. The predicted octanol–water partition coefficient (Wildman–Crippen LogP) is 5.54. The molecule has 3 unspecified atom stereocenters. The van der Waals surface area contributed by atoms with Crippen LogP contribution in [0.1, 0.15) is 40.6 Å². The maximum atomic E-state index is 13.2. The largest absolute Gasteiger partial charge is 0.508 e. The molecule has 0 spiro atoms. The molecule has 0 saturated heterocycles. The Hall–Kier alpha value is -3.85. The number of fused-ring (bicyclic) bond motifs is 3. The smallest absolute Gasteiger partial charge is 0.270 e. The Morgan fingerprint density at radius 2 is 1.86 bits per heavy atom. The molecule has 35 heavy (non-hydrogen) atoms. The first kappa shape index (κ1) is 22.9. The molecule has 2 aliphatic rings. The topological polar surface area (TPSA) is 122 Å². The predicted molar refractivity (Wildman–Crippen MR) is 134 cm³/mol. The summed E-state index contributed by atoms with van der Waals surface area (Å²) in [4.78, 5) is 11.0. The lowest BCUT2D eigenvalue weighted by atomic mass is 9.77. The number of phenols is 1. The SMILES string of the molecule is Cc1ccc(NS(=O)(=O)c2ccc3c(c2)C2C=CCC2C(c2cc([N+](=O)[O-])ccc2O)N3)c(C)c1. The fraction of sp³-hybridized carbons (Fsp3) is 0.231. The monoisotopic (exact) mass is 491 g/mol. The Labute approximate surface area is 203 Å². The number of aryl methyl sites for hydroxylation is 2. The van der Waals surface area contributed by atoms with Gasteiger partial charge >= 0.3 is 0 Å². The molecule has 1 heterocycles. The summed E-state index contributed by atoms with van der Waals surface area (Å²) in [6, 6.07) is 14.1. The standard InChI is InChI=1S/C26H25N3O5S/c1-15-6-9-23(16(2)12-15)28-35(33,34)18-8-10-24-21(14-18)19-4-3-5-20(19)26(27-24)22-13-17(29(31)32)7-11-25(22)30/h3-4,6-14,19-20,26-28,30H,5H2,1-2H3. The van der Waals surface area contributed by atoms with Crippen molar-refractivity contribution in [2.24, 2.45) is 5.92 Å². The molecule has 0 radical (unpaired) electrons. The van der Waals surface area contributed by atoms with E-state index in [1.165, 1.54) is 18.2 Å². The van der Waals surface area contributed by atoms with Gasteiger partial charge < -0.3 is 10.4 Å². The number of rotatable bonds is 5. The van der Waals surface area contributed by atoms with Crippen molar-refractivity contribution in [2.45, 2.75) is 37.1 Å². The van der Waals surface area contributed by atoms with Gasteiger partial charge in [0.1, 0.15) is 5.75 Å². The highest BCUT2D eigenvalue weighted by Gasteiger charge is 2.40. The van der Waals surface area contributed by atoms with Crippen LogP contribution in [0, 0.1) is 29.9 Å². The van der Waals surface area contributed by atoms with Crippen LogP contribution in [-0.2, 0) is 10.0 Å². The number of nitrogens with zero attached hydrogens (tertiary/aromatic N) is 1. The fourth-order valence-electron chi connectivity index (χ4n) is 5.08. The van der Waals surface area contributed by atoms with Crippen LogP contribution in [0.2, 0.25) is 0 Å². The maximum Gasteiger partial charge on any atom is 0.270 e. The number of phenolic OH excluding ortho intramolecular Hbond substituents is 1. The minimum Gasteiger partial charge on any atom is -0.508 e. The zero-order chi connectivity index (χ0) is 24.9. The second kappa shape index (κ2) is 8.42. The van der Waals surface area contributed by atoms with Gasteiger partial charge in [0.15, 0.2) is 0 Å². The first-order valence-corrected chi connectivity index (χ1v) is 12.8. The molecule has 5 rings (SSSR count). The highest BCUT2D eigenvalue weighted by molar-refractivity contribution is 7.92. The molecular weight excluding hydrogens is 466 g/mol. The van der Waals surface area contributed by atoms with Crippen LogP contribution in [0.4, 0.5) is 17.1 Å². The Morgan fingerprint density at radius 3 is 2.60 bits per heavy atom. The van der Waals surface area contributed by atoms with Crippen molar-refractivity contribution in [2.75, 3.05) is 10.0 Å². The van der Waals surface area contributed by atoms with E-state index >= 15 is 0 Å². The lowest BCUT2D eigenvalue weighted by Gasteiger charge is -2.37. The normalized spacial score (nSPS) is 20.6. The van der Waals surface area contributed by atoms with Crippen molar-refractivity contribution in [1.82, 2.24) is 0 Å². The van der Waals surface area contributed by atoms with E-state index in [0.717, 1.165) is 22.4 Å². The summed E-state index contributed by atoms with van der Waals surface area (Å²) >= 11 is 0. The Balaban J connectivity index is 1.51. The molecule has 3 aromatic rings. The van der Waals surface area contributed by atoms with Gasteiger partial charge in [-0.1, -0.05) is 29.8 Å². The van der Waals surface area contributed by atoms with Gasteiger partial charge in [-0.05, 0) is 67.6 Å². The lowest BCUT2D eigenvalue weighted by Crippen LogP contribution is -2.29. The van der Waals surface area contributed by atoms with Crippen molar-refractivity contribution in [3.8, 4) is 5.75 Å². The van der Waals surface area contributed by atoms with Crippen molar-refractivity contribution in [3.05, 3.63) is 99.1 Å². The average Bonchev–Trinajstić information content (AvgIpc) is 3.31. The summed E-state index contributed by atoms with van der Waals surface area (Å²) in [5.41, 5.74) is 4.36. The molecule has 9 heteroatoms. The van der Waals surface area contributed by atoms with Crippen LogP contribution in [0.3, 0.4) is 0 Å². The molecular formula is C26H25N3O5S. The molecule has 3 aromatic carbocycles. The van der Waals surface area contributed by atoms with E-state index in [2.05, 4.69) is 10.0 Å². The maximum absolute atomic E-state index is 13.2. The van der Waals surface area contributed by atoms with E-state index in [9.17, 15) is 23.6 Å². The summed E-state index contributed by atoms with van der Waals surface area (Å²) in [5.74, 6) is -0.133. The van der Waals surface area contributed by atoms with Crippen LogP contribution in [0.15, 0.2) is 71.6 Å². The first-order valence-electron chi connectivity index (χ1n) is 11.3. The quantitative estimate of drug-likeness (QED) is 0.245. The number of allylic oxidation sites excluding steroid dienone is 2. The third kappa shape index (κ3) is 4.12. The van der Waals surface area contributed by atoms with Crippen LogP contribution < -0.4 is 10.0 Å². The molecule has 0 aromatic heterocycles. The number of non-ortho nitro benzene ring substituents is 1. The summed E-state index contributed by atoms with van der Waals surface area (Å²) in [5, 5.41) is 25.2. The van der Waals surface area contributed by atoms with E-state index in [1.807, 2.05) is 38.1 Å². The zero-order valence-electron chi connectivity index (χ0n) is 19.2. The van der Waals surface area contributed by atoms with E-state index in [4.69, 9.17) is 0 Å². The number of nitrogens with one attached hydrogen (secondary N) is 2. The number of hydrogen-bond acceptors (Lipinski definition) is 6. The Bertz CT molecular complexity index is 1480. The highest BCUT2D eigenvalue weighted by atomic mass is 32.2. The number of nitro groups is 1. The van der Waals surface area contributed by atoms with Gasteiger partial charge in [0, 0.05) is 29.3 Å². The molecule has 1 aliphatic heterocycles. The van der Waals surface area contributed by atoms with E-state index in [1.54, 1.807) is 24.3 Å². The number of sulfonamides is 1. The van der Waals surface area contributed by atoms with Crippen molar-refractivity contribution in [1.29, 1.82) is 0 Å². The highest BCUT2D eigenvalue weighted by Crippen LogP contribution is 2.51. The van der Waals surface area contributed by atoms with Crippen molar-refractivity contribution >= 4 is 27.1 Å². The van der Waals surface area contributed by atoms with Gasteiger partial charge in [-0.15, -0.1) is 0 Å². The van der Waals surface area contributed by atoms with Gasteiger partial charge in [0.2, 0.25) is 0 Å². The molecule has 0 amide bonds. The average molecular weight is 492 g/mol. The molecule has 8 nitrogen and oxygen atoms in total. The van der Waals surface area contributed by atoms with Gasteiger partial charge in [-0.25, -0.2) is 8.42 Å². The van der Waals surface area contributed by atoms with Crippen LogP contribution in [-0.4, -0.2) is 18.4 Å². The molecule has 0 bridgehead atoms. The Kier molecular flexibility index (Phi) is 5.52. The van der Waals surface area contributed by atoms with E-state index in [-0.39, 0.29) is 34.2 Å². The summed E-state index contributed by atoms with van der Waals surface area (Å²) in [7, 11) is -3.82. The number of anilines is 2. The lowest BCUT2D eigenvalue weighted by molar-refractivity contribution is -0.385. The van der Waals surface area contributed by atoms with E-state index in [0.29, 0.717) is 17.7 Å². The van der Waals surface area contributed by atoms with Crippen LogP contribution in [0.25, 0.3) is 0 Å². The first-order chi connectivity index (χ1) is 16.6.